The Bertz CT molecular complexity index is 740. The van der Waals surface area contributed by atoms with Crippen LogP contribution in [0.5, 0.6) is 0 Å². The second-order valence-electron chi connectivity index (χ2n) is 10.2. The molecule has 0 radical (unpaired) electrons. The Morgan fingerprint density at radius 3 is 2.14 bits per heavy atom. The van der Waals surface area contributed by atoms with Crippen molar-refractivity contribution in [1.82, 2.24) is 4.90 Å². The number of benzene rings is 1. The Hall–Kier alpha value is -1.77. The van der Waals surface area contributed by atoms with Crippen LogP contribution in [0.3, 0.4) is 0 Å². The van der Waals surface area contributed by atoms with Gasteiger partial charge in [0.05, 0.1) is 6.61 Å². The van der Waals surface area contributed by atoms with Crippen LogP contribution in [0.1, 0.15) is 58.2 Å². The number of carbonyl (C=O) groups excluding carboxylic acids is 1. The van der Waals surface area contributed by atoms with E-state index in [-0.39, 0.29) is 11.6 Å². The number of rotatable bonds is 4. The molecular formula is C23H37NO3Si. The molecule has 0 saturated carbocycles. The van der Waals surface area contributed by atoms with E-state index in [1.165, 1.54) is 0 Å². The van der Waals surface area contributed by atoms with Gasteiger partial charge in [-0.25, -0.2) is 4.79 Å². The highest BCUT2D eigenvalue weighted by Gasteiger charge is 2.31. The van der Waals surface area contributed by atoms with Crippen LogP contribution in [-0.4, -0.2) is 37.3 Å². The van der Waals surface area contributed by atoms with Crippen LogP contribution >= 0.6 is 0 Å². The van der Waals surface area contributed by atoms with Crippen LogP contribution < -0.4 is 0 Å². The minimum absolute atomic E-state index is 0.314. The zero-order valence-corrected chi connectivity index (χ0v) is 20.3. The highest BCUT2D eigenvalue weighted by Crippen LogP contribution is 2.24. The van der Waals surface area contributed by atoms with Crippen molar-refractivity contribution in [2.75, 3.05) is 7.11 Å². The van der Waals surface area contributed by atoms with Crippen molar-refractivity contribution in [1.29, 1.82) is 0 Å². The molecule has 1 aromatic rings. The van der Waals surface area contributed by atoms with Gasteiger partial charge in [-0.05, 0) is 64.8 Å². The maximum absolute atomic E-state index is 12.8. The van der Waals surface area contributed by atoms with Gasteiger partial charge in [0, 0.05) is 24.8 Å². The average Bonchev–Trinajstić information content (AvgIpc) is 2.48. The molecular weight excluding hydrogens is 366 g/mol. The number of carbonyl (C=O) groups is 1. The largest absolute Gasteiger partial charge is 0.444 e. The summed E-state index contributed by atoms with van der Waals surface area (Å²) in [5.41, 5.74) is 5.56. The molecule has 0 N–H and O–H groups in total. The first-order valence-electron chi connectivity index (χ1n) is 9.77. The summed E-state index contributed by atoms with van der Waals surface area (Å²) >= 11 is 0. The predicted molar refractivity (Wildman–Crippen MR) is 119 cm³/mol. The molecule has 0 aromatic heterocycles. The quantitative estimate of drug-likeness (QED) is 0.485. The third-order valence-corrected chi connectivity index (χ3v) is 4.72. The Morgan fingerprint density at radius 2 is 1.68 bits per heavy atom. The summed E-state index contributed by atoms with van der Waals surface area (Å²) in [7, 11) is 0.240. The molecule has 0 unspecified atom stereocenters. The first-order chi connectivity index (χ1) is 12.6. The van der Waals surface area contributed by atoms with Gasteiger partial charge in [0.2, 0.25) is 0 Å². The van der Waals surface area contributed by atoms with Crippen molar-refractivity contribution in [2.24, 2.45) is 0 Å². The van der Waals surface area contributed by atoms with Crippen LogP contribution in [0.4, 0.5) is 4.79 Å². The molecule has 0 aliphatic heterocycles. The fourth-order valence-corrected chi connectivity index (χ4v) is 2.99. The molecule has 1 rings (SSSR count). The minimum Gasteiger partial charge on any atom is -0.444 e. The van der Waals surface area contributed by atoms with Crippen molar-refractivity contribution in [3.63, 3.8) is 0 Å². The van der Waals surface area contributed by atoms with Gasteiger partial charge < -0.3 is 9.47 Å². The van der Waals surface area contributed by atoms with E-state index in [1.54, 1.807) is 12.0 Å². The van der Waals surface area contributed by atoms with E-state index >= 15 is 0 Å². The van der Waals surface area contributed by atoms with E-state index in [0.29, 0.717) is 13.2 Å². The van der Waals surface area contributed by atoms with Gasteiger partial charge in [-0.15, -0.1) is 5.54 Å². The van der Waals surface area contributed by atoms with E-state index in [0.717, 1.165) is 16.7 Å². The van der Waals surface area contributed by atoms with Crippen molar-refractivity contribution >= 4 is 14.2 Å². The lowest BCUT2D eigenvalue weighted by molar-refractivity contribution is 0.00353. The Morgan fingerprint density at radius 1 is 1.07 bits per heavy atom. The Labute approximate surface area is 172 Å². The summed E-state index contributed by atoms with van der Waals surface area (Å²) in [6.07, 6.45) is -0.314. The first kappa shape index (κ1) is 24.3. The molecule has 0 aliphatic carbocycles. The number of hydrogen-bond donors (Lipinski definition) is 0. The topological polar surface area (TPSA) is 38.8 Å². The van der Waals surface area contributed by atoms with E-state index in [2.05, 4.69) is 37.2 Å². The molecule has 0 aliphatic rings. The van der Waals surface area contributed by atoms with Gasteiger partial charge in [-0.1, -0.05) is 31.6 Å². The SMILES string of the molecule is COCc1cc(C#C[Si](C)(C)C)ccc1CN(C(=O)OC(C)(C)C)C(C)(C)C. The van der Waals surface area contributed by atoms with Gasteiger partial charge in [0.15, 0.2) is 0 Å². The molecule has 0 atom stereocenters. The van der Waals surface area contributed by atoms with Crippen LogP contribution in [-0.2, 0) is 22.6 Å². The predicted octanol–water partition coefficient (Wildman–Crippen LogP) is 5.60. The lowest BCUT2D eigenvalue weighted by Crippen LogP contribution is -2.47. The number of ether oxygens (including phenoxy) is 2. The van der Waals surface area contributed by atoms with Crippen LogP contribution in [0.25, 0.3) is 0 Å². The Kier molecular flexibility index (Phi) is 7.93. The van der Waals surface area contributed by atoms with Gasteiger partial charge in [-0.2, -0.15) is 0 Å². The highest BCUT2D eigenvalue weighted by atomic mass is 28.3. The van der Waals surface area contributed by atoms with E-state index in [9.17, 15) is 4.79 Å². The van der Waals surface area contributed by atoms with Crippen LogP contribution in [0, 0.1) is 11.5 Å². The first-order valence-corrected chi connectivity index (χ1v) is 13.3. The molecule has 1 aromatic carbocycles. The molecule has 28 heavy (non-hydrogen) atoms. The lowest BCUT2D eigenvalue weighted by atomic mass is 10.0. The number of nitrogens with zero attached hydrogens (tertiary/aromatic N) is 1. The highest BCUT2D eigenvalue weighted by molar-refractivity contribution is 6.83. The van der Waals surface area contributed by atoms with E-state index in [4.69, 9.17) is 9.47 Å². The fraction of sp³-hybridized carbons (Fsp3) is 0.609. The minimum atomic E-state index is -1.44. The average molecular weight is 404 g/mol. The van der Waals surface area contributed by atoms with Crippen molar-refractivity contribution < 1.29 is 14.3 Å². The number of amides is 1. The van der Waals surface area contributed by atoms with Gasteiger partial charge in [0.25, 0.3) is 0 Å². The maximum atomic E-state index is 12.8. The number of methoxy groups -OCH3 is 1. The molecule has 0 spiro atoms. The smallest absolute Gasteiger partial charge is 0.411 e. The second-order valence-corrected chi connectivity index (χ2v) is 14.9. The van der Waals surface area contributed by atoms with Crippen molar-refractivity contribution in [3.05, 3.63) is 34.9 Å². The van der Waals surface area contributed by atoms with E-state index in [1.807, 2.05) is 53.7 Å². The standard InChI is InChI=1S/C23H37NO3Si/c1-22(2,3)24(21(25)27-23(4,5)6)16-19-12-11-18(13-14-28(8,9)10)15-20(19)17-26-7/h11-12,15H,16-17H2,1-10H3. The third-order valence-electron chi connectivity index (χ3n) is 3.84. The zero-order chi connectivity index (χ0) is 21.8. The summed E-state index contributed by atoms with van der Waals surface area (Å²) in [4.78, 5) is 14.6. The number of hydrogen-bond acceptors (Lipinski definition) is 3. The summed E-state index contributed by atoms with van der Waals surface area (Å²) in [6.45, 7) is 19.3. The lowest BCUT2D eigenvalue weighted by Gasteiger charge is -2.37. The molecule has 156 valence electrons. The summed E-state index contributed by atoms with van der Waals surface area (Å²) in [5, 5.41) is 0. The molecule has 0 fully saturated rings. The molecule has 5 heteroatoms. The van der Waals surface area contributed by atoms with Crippen molar-refractivity contribution in [2.45, 2.75) is 85.5 Å². The fourth-order valence-electron chi connectivity index (χ4n) is 2.47. The Balaban J connectivity index is 3.24. The summed E-state index contributed by atoms with van der Waals surface area (Å²) in [5.74, 6) is 3.30. The van der Waals surface area contributed by atoms with Gasteiger partial charge >= 0.3 is 6.09 Å². The zero-order valence-electron chi connectivity index (χ0n) is 19.3. The molecule has 4 nitrogen and oxygen atoms in total. The monoisotopic (exact) mass is 403 g/mol. The van der Waals surface area contributed by atoms with Crippen LogP contribution in [0.15, 0.2) is 18.2 Å². The normalized spacial score (nSPS) is 12.2. The summed E-state index contributed by atoms with van der Waals surface area (Å²) < 4.78 is 11.0. The molecule has 1 amide bonds. The molecule has 0 saturated heterocycles. The van der Waals surface area contributed by atoms with Crippen molar-refractivity contribution in [3.8, 4) is 11.5 Å². The van der Waals surface area contributed by atoms with E-state index < -0.39 is 13.7 Å². The third kappa shape index (κ3) is 8.49. The summed E-state index contributed by atoms with van der Waals surface area (Å²) in [6, 6.07) is 6.14. The maximum Gasteiger partial charge on any atom is 0.411 e. The van der Waals surface area contributed by atoms with Gasteiger partial charge in [0.1, 0.15) is 13.7 Å². The molecule has 0 heterocycles. The second kappa shape index (κ2) is 9.15. The van der Waals surface area contributed by atoms with Crippen LogP contribution in [0.2, 0.25) is 19.6 Å². The van der Waals surface area contributed by atoms with Gasteiger partial charge in [-0.3, -0.25) is 4.90 Å². The molecule has 0 bridgehead atoms.